The molecule has 0 saturated heterocycles. The molecule has 1 N–H and O–H groups in total. The van der Waals surface area contributed by atoms with Gasteiger partial charge in [-0.2, -0.15) is 5.10 Å². The summed E-state index contributed by atoms with van der Waals surface area (Å²) >= 11 is 1.56. The Labute approximate surface area is 145 Å². The number of aryl methyl sites for hydroxylation is 1. The summed E-state index contributed by atoms with van der Waals surface area (Å²) in [6.07, 6.45) is 3.72. The molecule has 5 nitrogen and oxygen atoms in total. The number of hydrogen-bond acceptors (Lipinski definition) is 4. The molecule has 0 fully saturated rings. The van der Waals surface area contributed by atoms with E-state index in [1.165, 1.54) is 0 Å². The van der Waals surface area contributed by atoms with E-state index in [0.29, 0.717) is 12.1 Å². The Morgan fingerprint density at radius 1 is 1.21 bits per heavy atom. The number of rotatable bonds is 5. The summed E-state index contributed by atoms with van der Waals surface area (Å²) < 4.78 is 1.78. The zero-order valence-electron chi connectivity index (χ0n) is 13.6. The molecule has 1 amide bonds. The topological polar surface area (TPSA) is 59.8 Å². The van der Waals surface area contributed by atoms with Gasteiger partial charge in [-0.25, -0.2) is 0 Å². The van der Waals surface area contributed by atoms with Crippen LogP contribution in [0.25, 0.3) is 11.4 Å². The molecule has 1 aromatic carbocycles. The molecule has 0 saturated carbocycles. The van der Waals surface area contributed by atoms with Crippen LogP contribution < -0.4 is 5.32 Å². The van der Waals surface area contributed by atoms with Gasteiger partial charge in [0.05, 0.1) is 29.2 Å². The lowest BCUT2D eigenvalue weighted by Gasteiger charge is -2.07. The highest BCUT2D eigenvalue weighted by atomic mass is 32.2. The van der Waals surface area contributed by atoms with Crippen molar-refractivity contribution >= 4 is 17.7 Å². The molecule has 0 unspecified atom stereocenters. The molecule has 24 heavy (non-hydrogen) atoms. The van der Waals surface area contributed by atoms with Crippen molar-refractivity contribution < 1.29 is 4.79 Å². The van der Waals surface area contributed by atoms with Crippen molar-refractivity contribution in [2.24, 2.45) is 7.05 Å². The van der Waals surface area contributed by atoms with Crippen LogP contribution >= 0.6 is 11.8 Å². The number of carbonyl (C=O) groups excluding carboxylic acids is 1. The minimum Gasteiger partial charge on any atom is -0.346 e. The third kappa shape index (κ3) is 3.49. The Morgan fingerprint density at radius 3 is 2.75 bits per heavy atom. The predicted octanol–water partition coefficient (Wildman–Crippen LogP) is 3.13. The van der Waals surface area contributed by atoms with E-state index in [-0.39, 0.29) is 5.91 Å². The summed E-state index contributed by atoms with van der Waals surface area (Å²) in [5, 5.41) is 7.39. The van der Waals surface area contributed by atoms with Crippen LogP contribution in [-0.2, 0) is 13.6 Å². The molecule has 0 bridgehead atoms. The molecule has 3 rings (SSSR count). The van der Waals surface area contributed by atoms with Crippen LogP contribution in [0.4, 0.5) is 0 Å². The van der Waals surface area contributed by atoms with Gasteiger partial charge in [0.1, 0.15) is 0 Å². The van der Waals surface area contributed by atoms with Crippen molar-refractivity contribution in [2.45, 2.75) is 11.4 Å². The van der Waals surface area contributed by atoms with Crippen LogP contribution in [0.5, 0.6) is 0 Å². The SMILES string of the molecule is CSc1ccccc1C(=O)NCc1cc(-c2ccccn2)n(C)n1. The molecule has 0 spiro atoms. The van der Waals surface area contributed by atoms with Crippen LogP contribution in [0.15, 0.2) is 59.6 Å². The molecule has 0 atom stereocenters. The second kappa shape index (κ2) is 7.31. The fraction of sp³-hybridized carbons (Fsp3) is 0.167. The van der Waals surface area contributed by atoms with Crippen molar-refractivity contribution in [2.75, 3.05) is 6.26 Å². The third-order valence-electron chi connectivity index (χ3n) is 3.64. The first kappa shape index (κ1) is 16.3. The van der Waals surface area contributed by atoms with E-state index in [1.807, 2.05) is 61.8 Å². The van der Waals surface area contributed by atoms with Crippen molar-refractivity contribution in [3.63, 3.8) is 0 Å². The van der Waals surface area contributed by atoms with Crippen LogP contribution in [0.2, 0.25) is 0 Å². The highest BCUT2D eigenvalue weighted by Gasteiger charge is 2.12. The van der Waals surface area contributed by atoms with E-state index in [0.717, 1.165) is 22.0 Å². The molecule has 2 aromatic heterocycles. The maximum absolute atomic E-state index is 12.4. The molecular weight excluding hydrogens is 320 g/mol. The number of aromatic nitrogens is 3. The van der Waals surface area contributed by atoms with Crippen molar-refractivity contribution in [3.05, 3.63) is 66.0 Å². The van der Waals surface area contributed by atoms with Gasteiger partial charge in [-0.15, -0.1) is 11.8 Å². The van der Waals surface area contributed by atoms with Gasteiger partial charge in [0.25, 0.3) is 5.91 Å². The predicted molar refractivity (Wildman–Crippen MR) is 95.8 cm³/mol. The molecule has 0 radical (unpaired) electrons. The molecular formula is C18H18N4OS. The highest BCUT2D eigenvalue weighted by molar-refractivity contribution is 7.98. The van der Waals surface area contributed by atoms with Crippen LogP contribution in [0.1, 0.15) is 16.1 Å². The van der Waals surface area contributed by atoms with Gasteiger partial charge in [0, 0.05) is 18.1 Å². The normalized spacial score (nSPS) is 10.6. The molecule has 2 heterocycles. The van der Waals surface area contributed by atoms with Crippen molar-refractivity contribution in [1.82, 2.24) is 20.1 Å². The number of carbonyl (C=O) groups is 1. The number of nitrogens with one attached hydrogen (secondary N) is 1. The standard InChI is InChI=1S/C18H18N4OS/c1-22-16(15-8-5-6-10-19-15)11-13(21-22)12-20-18(23)14-7-3-4-9-17(14)24-2/h3-11H,12H2,1-2H3,(H,20,23). The summed E-state index contributed by atoms with van der Waals surface area (Å²) in [4.78, 5) is 17.7. The lowest BCUT2D eigenvalue weighted by Crippen LogP contribution is -2.23. The van der Waals surface area contributed by atoms with Crippen LogP contribution in [0.3, 0.4) is 0 Å². The van der Waals surface area contributed by atoms with Gasteiger partial charge in [-0.05, 0) is 36.6 Å². The molecule has 122 valence electrons. The largest absolute Gasteiger partial charge is 0.346 e. The summed E-state index contributed by atoms with van der Waals surface area (Å²) in [7, 11) is 1.87. The van der Waals surface area contributed by atoms with E-state index in [9.17, 15) is 4.79 Å². The Balaban J connectivity index is 1.72. The summed E-state index contributed by atoms with van der Waals surface area (Å²) in [6.45, 7) is 0.377. The van der Waals surface area contributed by atoms with Gasteiger partial charge in [0.2, 0.25) is 0 Å². The zero-order chi connectivity index (χ0) is 16.9. The molecule has 3 aromatic rings. The fourth-order valence-corrected chi connectivity index (χ4v) is 3.06. The Bertz CT molecular complexity index is 845. The lowest BCUT2D eigenvalue weighted by molar-refractivity contribution is 0.0947. The Kier molecular flexibility index (Phi) is 4.96. The number of thioether (sulfide) groups is 1. The van der Waals surface area contributed by atoms with E-state index in [2.05, 4.69) is 15.4 Å². The first-order valence-electron chi connectivity index (χ1n) is 7.54. The minimum atomic E-state index is -0.0926. The van der Waals surface area contributed by atoms with Gasteiger partial charge >= 0.3 is 0 Å². The van der Waals surface area contributed by atoms with E-state index in [4.69, 9.17) is 0 Å². The third-order valence-corrected chi connectivity index (χ3v) is 4.44. The number of pyridine rings is 1. The van der Waals surface area contributed by atoms with Crippen LogP contribution in [0, 0.1) is 0 Å². The number of benzene rings is 1. The van der Waals surface area contributed by atoms with Crippen LogP contribution in [-0.4, -0.2) is 26.9 Å². The van der Waals surface area contributed by atoms with Gasteiger partial charge in [-0.3, -0.25) is 14.5 Å². The quantitative estimate of drug-likeness (QED) is 0.726. The Hall–Kier alpha value is -2.60. The number of amides is 1. The first-order chi connectivity index (χ1) is 11.7. The second-order valence-corrected chi connectivity index (χ2v) is 6.09. The molecule has 0 aliphatic rings. The second-order valence-electron chi connectivity index (χ2n) is 5.24. The van der Waals surface area contributed by atoms with Crippen molar-refractivity contribution in [1.29, 1.82) is 0 Å². The first-order valence-corrected chi connectivity index (χ1v) is 8.77. The van der Waals surface area contributed by atoms with E-state index >= 15 is 0 Å². The average Bonchev–Trinajstić information content (AvgIpc) is 3.01. The van der Waals surface area contributed by atoms with E-state index in [1.54, 1.807) is 22.6 Å². The zero-order valence-corrected chi connectivity index (χ0v) is 14.4. The van der Waals surface area contributed by atoms with E-state index < -0.39 is 0 Å². The summed E-state index contributed by atoms with van der Waals surface area (Å²) in [5.41, 5.74) is 3.26. The Morgan fingerprint density at radius 2 is 2.00 bits per heavy atom. The lowest BCUT2D eigenvalue weighted by atomic mass is 10.2. The van der Waals surface area contributed by atoms with Gasteiger partial charge in [0.15, 0.2) is 0 Å². The fourth-order valence-electron chi connectivity index (χ4n) is 2.47. The monoisotopic (exact) mass is 338 g/mol. The maximum Gasteiger partial charge on any atom is 0.252 e. The molecule has 0 aliphatic carbocycles. The molecule has 0 aliphatic heterocycles. The number of nitrogens with zero attached hydrogens (tertiary/aromatic N) is 3. The summed E-state index contributed by atoms with van der Waals surface area (Å²) in [5.74, 6) is -0.0926. The smallest absolute Gasteiger partial charge is 0.252 e. The number of hydrogen-bond donors (Lipinski definition) is 1. The minimum absolute atomic E-state index is 0.0926. The molecule has 6 heteroatoms. The van der Waals surface area contributed by atoms with Gasteiger partial charge in [-0.1, -0.05) is 18.2 Å². The van der Waals surface area contributed by atoms with Gasteiger partial charge < -0.3 is 5.32 Å². The van der Waals surface area contributed by atoms with Crippen molar-refractivity contribution in [3.8, 4) is 11.4 Å². The maximum atomic E-state index is 12.4. The summed E-state index contributed by atoms with van der Waals surface area (Å²) in [6, 6.07) is 15.3. The average molecular weight is 338 g/mol. The highest BCUT2D eigenvalue weighted by Crippen LogP contribution is 2.20.